The Hall–Kier alpha value is -0.610. The molecule has 0 radical (unpaired) electrons. The van der Waals surface area contributed by atoms with Gasteiger partial charge < -0.3 is 15.4 Å². The predicted octanol–water partition coefficient (Wildman–Crippen LogP) is 1.55. The molecule has 2 aliphatic heterocycles. The third-order valence-electron chi connectivity index (χ3n) is 4.69. The molecule has 0 amide bonds. The van der Waals surface area contributed by atoms with E-state index in [0.29, 0.717) is 11.8 Å². The molecule has 0 bridgehead atoms. The average Bonchev–Trinajstić information content (AvgIpc) is 2.48. The highest BCUT2D eigenvalue weighted by Gasteiger charge is 2.28. The molecule has 0 aromatic rings. The van der Waals surface area contributed by atoms with Crippen LogP contribution in [0.5, 0.6) is 0 Å². The van der Waals surface area contributed by atoms with Gasteiger partial charge in [-0.05, 0) is 76.5 Å². The molecule has 0 spiro atoms. The van der Waals surface area contributed by atoms with Crippen molar-refractivity contribution in [2.24, 2.45) is 17.8 Å². The van der Waals surface area contributed by atoms with E-state index in [9.17, 15) is 4.79 Å². The van der Waals surface area contributed by atoms with E-state index in [-0.39, 0.29) is 11.9 Å². The minimum absolute atomic E-state index is 0.0112. The summed E-state index contributed by atoms with van der Waals surface area (Å²) in [6.07, 6.45) is 6.88. The van der Waals surface area contributed by atoms with Crippen LogP contribution in [0, 0.1) is 17.8 Å². The molecule has 0 unspecified atom stereocenters. The number of methoxy groups -OCH3 is 1. The average molecular weight is 268 g/mol. The number of hydrogen-bond donors (Lipinski definition) is 2. The fraction of sp³-hybridized carbons (Fsp3) is 0.933. The van der Waals surface area contributed by atoms with Gasteiger partial charge in [0.2, 0.25) is 0 Å². The number of carbonyl (C=O) groups is 1. The monoisotopic (exact) mass is 268 g/mol. The van der Waals surface area contributed by atoms with Crippen LogP contribution in [0.3, 0.4) is 0 Å². The predicted molar refractivity (Wildman–Crippen MR) is 75.9 cm³/mol. The van der Waals surface area contributed by atoms with Gasteiger partial charge in [0.25, 0.3) is 0 Å². The summed E-state index contributed by atoms with van der Waals surface area (Å²) in [6, 6.07) is 0. The summed E-state index contributed by atoms with van der Waals surface area (Å²) < 4.78 is 5.03. The van der Waals surface area contributed by atoms with Crippen LogP contribution in [0.4, 0.5) is 0 Å². The first-order valence-electron chi connectivity index (χ1n) is 7.79. The summed E-state index contributed by atoms with van der Waals surface area (Å²) in [5.74, 6) is 1.53. The summed E-state index contributed by atoms with van der Waals surface area (Å²) in [6.45, 7) is 4.41. The van der Waals surface area contributed by atoms with Crippen LogP contribution in [-0.2, 0) is 9.53 Å². The van der Waals surface area contributed by atoms with Crippen LogP contribution >= 0.6 is 0 Å². The summed E-state index contributed by atoms with van der Waals surface area (Å²) in [7, 11) is 1.53. The highest BCUT2D eigenvalue weighted by atomic mass is 16.5. The maximum Gasteiger partial charge on any atom is 0.308 e. The number of ether oxygens (including phenoxy) is 1. The van der Waals surface area contributed by atoms with E-state index >= 15 is 0 Å². The van der Waals surface area contributed by atoms with Crippen molar-refractivity contribution < 1.29 is 9.53 Å². The van der Waals surface area contributed by atoms with Crippen LogP contribution in [-0.4, -0.2) is 39.3 Å². The molecular weight excluding hydrogens is 240 g/mol. The highest BCUT2D eigenvalue weighted by Crippen LogP contribution is 2.29. The lowest BCUT2D eigenvalue weighted by atomic mass is 9.81. The van der Waals surface area contributed by atoms with Crippen molar-refractivity contribution in [2.45, 2.75) is 38.5 Å². The molecule has 0 atom stereocenters. The maximum absolute atomic E-state index is 12.0. The second kappa shape index (κ2) is 7.85. The van der Waals surface area contributed by atoms with Crippen LogP contribution in [0.15, 0.2) is 0 Å². The molecule has 0 aromatic heterocycles. The molecule has 2 fully saturated rings. The van der Waals surface area contributed by atoms with E-state index in [2.05, 4.69) is 10.6 Å². The Morgan fingerprint density at radius 1 is 1.00 bits per heavy atom. The Labute approximate surface area is 116 Å². The van der Waals surface area contributed by atoms with Gasteiger partial charge in [-0.25, -0.2) is 0 Å². The third-order valence-corrected chi connectivity index (χ3v) is 4.69. The number of nitrogens with one attached hydrogen (secondary N) is 2. The molecule has 2 rings (SSSR count). The van der Waals surface area contributed by atoms with Crippen molar-refractivity contribution in [3.8, 4) is 0 Å². The maximum atomic E-state index is 12.0. The molecular formula is C15H28N2O2. The lowest BCUT2D eigenvalue weighted by Gasteiger charge is -2.29. The van der Waals surface area contributed by atoms with Crippen molar-refractivity contribution in [3.05, 3.63) is 0 Å². The molecule has 0 aliphatic carbocycles. The molecule has 0 aromatic carbocycles. The quantitative estimate of drug-likeness (QED) is 0.743. The van der Waals surface area contributed by atoms with Crippen LogP contribution in [0.25, 0.3) is 0 Å². The first-order chi connectivity index (χ1) is 9.29. The number of hydrogen-bond acceptors (Lipinski definition) is 4. The zero-order chi connectivity index (χ0) is 13.5. The van der Waals surface area contributed by atoms with Crippen molar-refractivity contribution in [1.29, 1.82) is 0 Å². The van der Waals surface area contributed by atoms with Gasteiger partial charge >= 0.3 is 5.97 Å². The molecule has 2 saturated heterocycles. The summed E-state index contributed by atoms with van der Waals surface area (Å²) in [4.78, 5) is 12.0. The van der Waals surface area contributed by atoms with Gasteiger partial charge in [0.15, 0.2) is 0 Å². The molecule has 19 heavy (non-hydrogen) atoms. The van der Waals surface area contributed by atoms with Gasteiger partial charge in [0.1, 0.15) is 0 Å². The lowest BCUT2D eigenvalue weighted by molar-refractivity contribution is -0.147. The highest BCUT2D eigenvalue weighted by molar-refractivity contribution is 5.72. The van der Waals surface area contributed by atoms with Crippen molar-refractivity contribution >= 4 is 5.97 Å². The smallest absolute Gasteiger partial charge is 0.308 e. The number of carbonyl (C=O) groups excluding carboxylic acids is 1. The third kappa shape index (κ3) is 4.77. The van der Waals surface area contributed by atoms with E-state index in [4.69, 9.17) is 4.74 Å². The van der Waals surface area contributed by atoms with E-state index in [1.54, 1.807) is 0 Å². The molecule has 110 valence electrons. The van der Waals surface area contributed by atoms with Crippen molar-refractivity contribution in [1.82, 2.24) is 10.6 Å². The van der Waals surface area contributed by atoms with Gasteiger partial charge in [0.05, 0.1) is 13.0 Å². The van der Waals surface area contributed by atoms with Crippen LogP contribution < -0.4 is 10.6 Å². The summed E-state index contributed by atoms with van der Waals surface area (Å²) in [5, 5.41) is 6.78. The zero-order valence-electron chi connectivity index (χ0n) is 12.1. The Bertz CT molecular complexity index is 251. The first kappa shape index (κ1) is 14.8. The lowest BCUT2D eigenvalue weighted by Crippen LogP contribution is -2.33. The standard InChI is InChI=1S/C15H28N2O2/c1-19-15(18)14(10-12-2-6-16-7-3-12)11-13-4-8-17-9-5-13/h12-14,16-17H,2-11H2,1H3. The van der Waals surface area contributed by atoms with Gasteiger partial charge in [-0.2, -0.15) is 0 Å². The molecule has 0 saturated carbocycles. The van der Waals surface area contributed by atoms with E-state index in [1.165, 1.54) is 32.8 Å². The van der Waals surface area contributed by atoms with Crippen molar-refractivity contribution in [3.63, 3.8) is 0 Å². The van der Waals surface area contributed by atoms with Gasteiger partial charge in [-0.3, -0.25) is 4.79 Å². The topological polar surface area (TPSA) is 50.4 Å². The normalized spacial score (nSPS) is 22.6. The molecule has 2 aliphatic rings. The molecule has 4 nitrogen and oxygen atoms in total. The minimum Gasteiger partial charge on any atom is -0.469 e. The number of esters is 1. The Kier molecular flexibility index (Phi) is 6.11. The largest absolute Gasteiger partial charge is 0.469 e. The number of piperidine rings is 2. The molecule has 4 heteroatoms. The summed E-state index contributed by atoms with van der Waals surface area (Å²) in [5.41, 5.74) is 0. The van der Waals surface area contributed by atoms with E-state index in [1.807, 2.05) is 0 Å². The number of rotatable bonds is 5. The Morgan fingerprint density at radius 3 is 1.79 bits per heavy atom. The van der Waals surface area contributed by atoms with E-state index < -0.39 is 0 Å². The first-order valence-corrected chi connectivity index (χ1v) is 7.79. The minimum atomic E-state index is 0.0112. The fourth-order valence-corrected chi connectivity index (χ4v) is 3.49. The Morgan fingerprint density at radius 2 is 1.42 bits per heavy atom. The molecule has 2 N–H and O–H groups in total. The van der Waals surface area contributed by atoms with E-state index in [0.717, 1.165) is 39.0 Å². The van der Waals surface area contributed by atoms with Crippen LogP contribution in [0.1, 0.15) is 38.5 Å². The fourth-order valence-electron chi connectivity index (χ4n) is 3.49. The zero-order valence-corrected chi connectivity index (χ0v) is 12.1. The van der Waals surface area contributed by atoms with Crippen LogP contribution in [0.2, 0.25) is 0 Å². The Balaban J connectivity index is 1.84. The van der Waals surface area contributed by atoms with Gasteiger partial charge in [0, 0.05) is 0 Å². The second-order valence-corrected chi connectivity index (χ2v) is 6.08. The van der Waals surface area contributed by atoms with Crippen molar-refractivity contribution in [2.75, 3.05) is 33.3 Å². The summed E-state index contributed by atoms with van der Waals surface area (Å²) >= 11 is 0. The van der Waals surface area contributed by atoms with Gasteiger partial charge in [-0.15, -0.1) is 0 Å². The molecule has 2 heterocycles. The SMILES string of the molecule is COC(=O)C(CC1CCNCC1)CC1CCNCC1. The second-order valence-electron chi connectivity index (χ2n) is 6.08. The van der Waals surface area contributed by atoms with Gasteiger partial charge in [-0.1, -0.05) is 0 Å².